The maximum atomic E-state index is 13.5. The van der Waals surface area contributed by atoms with Crippen molar-refractivity contribution in [1.82, 2.24) is 15.2 Å². The number of nitrogens with one attached hydrogen (secondary N) is 1. The van der Waals surface area contributed by atoms with E-state index in [0.717, 1.165) is 42.6 Å². The number of nitrogens with two attached hydrogens (primary N) is 1. The van der Waals surface area contributed by atoms with Gasteiger partial charge in [-0.3, -0.25) is 14.5 Å². The molecule has 1 aromatic heterocycles. The first kappa shape index (κ1) is 25.6. The Balaban J connectivity index is 1.33. The minimum Gasteiger partial charge on any atom is -0.487 e. The number of fused-ring (bicyclic) bond motifs is 8. The Morgan fingerprint density at radius 2 is 1.97 bits per heavy atom. The topological polar surface area (TPSA) is 119 Å². The van der Waals surface area contributed by atoms with Crippen LogP contribution in [0.2, 0.25) is 0 Å². The number of hydrogen-bond donors (Lipinski definition) is 2. The van der Waals surface area contributed by atoms with Gasteiger partial charge in [-0.2, -0.15) is 0 Å². The molecule has 2 amide bonds. The maximum Gasteiger partial charge on any atom is 0.232 e. The number of ether oxygens (including phenoxy) is 2. The summed E-state index contributed by atoms with van der Waals surface area (Å²) in [4.78, 5) is 37.7. The Morgan fingerprint density at radius 3 is 2.82 bits per heavy atom. The molecule has 39 heavy (non-hydrogen) atoms. The number of aromatic nitrogens is 1. The lowest BCUT2D eigenvalue weighted by atomic mass is 9.85. The summed E-state index contributed by atoms with van der Waals surface area (Å²) in [6.07, 6.45) is 7.19. The first-order chi connectivity index (χ1) is 18.8. The maximum absolute atomic E-state index is 13.5. The Morgan fingerprint density at radius 1 is 1.10 bits per heavy atom. The summed E-state index contributed by atoms with van der Waals surface area (Å²) in [6, 6.07) is 9.49. The van der Waals surface area contributed by atoms with Crippen LogP contribution in [0.15, 0.2) is 41.5 Å². The predicted molar refractivity (Wildman–Crippen MR) is 146 cm³/mol. The molecule has 1 aromatic carbocycles. The Labute approximate surface area is 229 Å². The molecule has 3 N–H and O–H groups in total. The fraction of sp³-hybridized carbons (Fsp3) is 0.533. The van der Waals surface area contributed by atoms with Gasteiger partial charge in [-0.25, -0.2) is 9.98 Å². The van der Waals surface area contributed by atoms with Gasteiger partial charge in [0.2, 0.25) is 17.7 Å². The van der Waals surface area contributed by atoms with Crippen LogP contribution in [0.4, 0.5) is 0 Å². The second kappa shape index (κ2) is 10.2. The van der Waals surface area contributed by atoms with Crippen molar-refractivity contribution in [2.75, 3.05) is 6.61 Å². The fourth-order valence-electron chi connectivity index (χ4n) is 6.54. The molecule has 5 aliphatic heterocycles. The lowest BCUT2D eigenvalue weighted by Gasteiger charge is -2.42. The SMILES string of the molecule is CC1(C)CC2NC(=O)CCC3COc4ncccc4[C@H]3N3C(=O)CC(CCCCc4ccc(c2c4)O1)N=C3N. The number of nitrogens with zero attached hydrogens (tertiary/aromatic N) is 3. The number of aryl methyl sites for hydroxylation is 1. The van der Waals surface area contributed by atoms with Crippen molar-refractivity contribution in [2.24, 2.45) is 16.6 Å². The van der Waals surface area contributed by atoms with E-state index in [1.165, 1.54) is 5.56 Å². The lowest BCUT2D eigenvalue weighted by molar-refractivity contribution is -0.132. The third kappa shape index (κ3) is 5.18. The van der Waals surface area contributed by atoms with Crippen LogP contribution < -0.4 is 20.5 Å². The summed E-state index contributed by atoms with van der Waals surface area (Å²) in [6.45, 7) is 4.46. The molecule has 0 radical (unpaired) electrons. The summed E-state index contributed by atoms with van der Waals surface area (Å²) in [5.74, 6) is 1.40. The number of amides is 2. The molecule has 9 heteroatoms. The minimum atomic E-state index is -0.383. The van der Waals surface area contributed by atoms with Crippen molar-refractivity contribution < 1.29 is 19.1 Å². The van der Waals surface area contributed by atoms with E-state index in [4.69, 9.17) is 20.2 Å². The molecule has 0 fully saturated rings. The number of guanidine groups is 1. The molecule has 206 valence electrons. The number of hydrogen-bond acceptors (Lipinski definition) is 7. The molecule has 3 unspecified atom stereocenters. The molecule has 7 rings (SSSR count). The zero-order chi connectivity index (χ0) is 27.1. The van der Waals surface area contributed by atoms with Gasteiger partial charge in [-0.1, -0.05) is 18.6 Å². The van der Waals surface area contributed by atoms with Crippen LogP contribution in [-0.2, 0) is 16.0 Å². The molecular formula is C30H37N5O4. The van der Waals surface area contributed by atoms with Crippen molar-refractivity contribution in [3.8, 4) is 11.6 Å². The van der Waals surface area contributed by atoms with E-state index in [2.05, 4.69) is 36.3 Å². The highest BCUT2D eigenvalue weighted by molar-refractivity contribution is 5.99. The lowest BCUT2D eigenvalue weighted by Crippen LogP contribution is -2.52. The van der Waals surface area contributed by atoms with Gasteiger partial charge in [-0.15, -0.1) is 0 Å². The summed E-state index contributed by atoms with van der Waals surface area (Å²) in [7, 11) is 0. The highest BCUT2D eigenvalue weighted by atomic mass is 16.5. The molecule has 9 nitrogen and oxygen atoms in total. The van der Waals surface area contributed by atoms with Crippen molar-refractivity contribution in [1.29, 1.82) is 0 Å². The molecule has 0 saturated heterocycles. The Hall–Kier alpha value is -3.62. The van der Waals surface area contributed by atoms with Crippen molar-refractivity contribution >= 4 is 17.8 Å². The van der Waals surface area contributed by atoms with Gasteiger partial charge < -0.3 is 20.5 Å². The van der Waals surface area contributed by atoms with Gasteiger partial charge in [0, 0.05) is 42.5 Å². The normalized spacial score (nSPS) is 28.5. The van der Waals surface area contributed by atoms with Crippen LogP contribution >= 0.6 is 0 Å². The zero-order valence-electron chi connectivity index (χ0n) is 22.7. The smallest absolute Gasteiger partial charge is 0.232 e. The molecule has 6 heterocycles. The third-order valence-electron chi connectivity index (χ3n) is 8.38. The van der Waals surface area contributed by atoms with Gasteiger partial charge >= 0.3 is 0 Å². The fourth-order valence-corrected chi connectivity index (χ4v) is 6.54. The van der Waals surface area contributed by atoms with Crippen LogP contribution in [-0.4, -0.2) is 45.9 Å². The number of carbonyl (C=O) groups excluding carboxylic acids is 2. The first-order valence-electron chi connectivity index (χ1n) is 14.1. The second-order valence-corrected chi connectivity index (χ2v) is 11.9. The van der Waals surface area contributed by atoms with Gasteiger partial charge in [0.05, 0.1) is 24.7 Å². The van der Waals surface area contributed by atoms with Crippen LogP contribution in [0.25, 0.3) is 0 Å². The molecule has 0 saturated carbocycles. The van der Waals surface area contributed by atoms with E-state index in [1.807, 2.05) is 18.2 Å². The highest BCUT2D eigenvalue weighted by Crippen LogP contribution is 2.43. The summed E-state index contributed by atoms with van der Waals surface area (Å²) in [5.41, 5.74) is 9.18. The molecular weight excluding hydrogens is 494 g/mol. The minimum absolute atomic E-state index is 0.0300. The highest BCUT2D eigenvalue weighted by Gasteiger charge is 2.42. The average molecular weight is 532 g/mol. The summed E-state index contributed by atoms with van der Waals surface area (Å²) >= 11 is 0. The standard InChI is InChI=1S/C30H37N5O4/c1-30(2)16-23-22-14-18(9-11-24(22)39-30)6-3-4-7-20-15-26(37)35(29(31)33-20)27-19(10-12-25(36)34-23)17-38-28-21(27)8-5-13-32-28/h5,8-9,11,13-14,19-20,23,27H,3-4,6-7,10,12,15-17H2,1-2H3,(H2,31,33)(H,34,36)/t19?,20?,23?,27-/m0/s1. The quantitative estimate of drug-likeness (QED) is 0.531. The molecule has 0 spiro atoms. The van der Waals surface area contributed by atoms with Gasteiger partial charge in [-0.05, 0) is 63.3 Å². The largest absolute Gasteiger partial charge is 0.487 e. The van der Waals surface area contributed by atoms with E-state index in [-0.39, 0.29) is 47.4 Å². The van der Waals surface area contributed by atoms with E-state index in [0.29, 0.717) is 38.2 Å². The van der Waals surface area contributed by atoms with E-state index >= 15 is 0 Å². The number of aliphatic imine (C=N–C) groups is 1. The number of carbonyl (C=O) groups is 2. The predicted octanol–water partition coefficient (Wildman–Crippen LogP) is 3.97. The Kier molecular flexibility index (Phi) is 6.69. The van der Waals surface area contributed by atoms with Crippen molar-refractivity contribution in [3.05, 3.63) is 53.2 Å². The van der Waals surface area contributed by atoms with E-state index in [9.17, 15) is 9.59 Å². The Bertz CT molecular complexity index is 1310. The van der Waals surface area contributed by atoms with Crippen LogP contribution in [0.3, 0.4) is 0 Å². The zero-order valence-corrected chi connectivity index (χ0v) is 22.7. The molecule has 4 bridgehead atoms. The first-order valence-corrected chi connectivity index (χ1v) is 14.1. The van der Waals surface area contributed by atoms with E-state index in [1.54, 1.807) is 11.1 Å². The van der Waals surface area contributed by atoms with Crippen LogP contribution in [0, 0.1) is 5.92 Å². The van der Waals surface area contributed by atoms with Gasteiger partial charge in [0.25, 0.3) is 0 Å². The number of benzene rings is 1. The van der Waals surface area contributed by atoms with Gasteiger partial charge in [0.15, 0.2) is 5.96 Å². The summed E-state index contributed by atoms with van der Waals surface area (Å²) in [5, 5.41) is 3.29. The number of pyridine rings is 1. The average Bonchev–Trinajstić information content (AvgIpc) is 2.89. The molecule has 5 aliphatic rings. The monoisotopic (exact) mass is 531 g/mol. The molecule has 4 atom stereocenters. The molecule has 2 aromatic rings. The van der Waals surface area contributed by atoms with Gasteiger partial charge in [0.1, 0.15) is 11.4 Å². The molecule has 0 aliphatic carbocycles. The van der Waals surface area contributed by atoms with E-state index < -0.39 is 0 Å². The van der Waals surface area contributed by atoms with Crippen molar-refractivity contribution in [2.45, 2.75) is 88.9 Å². The van der Waals surface area contributed by atoms with Crippen molar-refractivity contribution in [3.63, 3.8) is 0 Å². The summed E-state index contributed by atoms with van der Waals surface area (Å²) < 4.78 is 12.3. The second-order valence-electron chi connectivity index (χ2n) is 11.9. The number of rotatable bonds is 0. The van der Waals surface area contributed by atoms with Crippen LogP contribution in [0.1, 0.15) is 87.6 Å². The third-order valence-corrected chi connectivity index (χ3v) is 8.38. The van der Waals surface area contributed by atoms with Crippen LogP contribution in [0.5, 0.6) is 11.6 Å².